The molecule has 3 rings (SSSR count). The van der Waals surface area contributed by atoms with E-state index < -0.39 is 0 Å². The topological polar surface area (TPSA) is 52.7 Å². The van der Waals surface area contributed by atoms with Gasteiger partial charge in [0.1, 0.15) is 0 Å². The van der Waals surface area contributed by atoms with Gasteiger partial charge in [-0.25, -0.2) is 0 Å². The Morgan fingerprint density at radius 1 is 1.08 bits per heavy atom. The molecule has 5 heteroatoms. The van der Waals surface area contributed by atoms with Gasteiger partial charge in [-0.05, 0) is 56.2 Å². The van der Waals surface area contributed by atoms with Gasteiger partial charge in [-0.15, -0.1) is 0 Å². The maximum atomic E-state index is 13.3. The zero-order valence-corrected chi connectivity index (χ0v) is 16.1. The van der Waals surface area contributed by atoms with Crippen molar-refractivity contribution in [3.8, 4) is 0 Å². The minimum absolute atomic E-state index is 0.0269. The number of hydrogen-bond acceptors (Lipinski definition) is 3. The molecule has 1 aromatic carbocycles. The van der Waals surface area contributed by atoms with Crippen molar-refractivity contribution in [2.45, 2.75) is 52.4 Å². The summed E-state index contributed by atoms with van der Waals surface area (Å²) >= 11 is 0. The standard InChI is InChI=1S/C21H31N3O2/c1-3-20(25)22-17-7-8-19(23-11-5-4-6-12-23)18(15-17)21(26)24-13-9-16(2)10-14-24/h7-8,15-16H,3-6,9-14H2,1-2H3,(H,22,25). The molecule has 1 aromatic rings. The molecule has 2 amide bonds. The number of anilines is 2. The van der Waals surface area contributed by atoms with Gasteiger partial charge in [-0.3, -0.25) is 9.59 Å². The highest BCUT2D eigenvalue weighted by atomic mass is 16.2. The quantitative estimate of drug-likeness (QED) is 0.889. The van der Waals surface area contributed by atoms with E-state index in [9.17, 15) is 9.59 Å². The van der Waals surface area contributed by atoms with E-state index in [1.54, 1.807) is 0 Å². The van der Waals surface area contributed by atoms with E-state index in [0.29, 0.717) is 18.0 Å². The second-order valence-corrected chi connectivity index (χ2v) is 7.66. The predicted octanol–water partition coefficient (Wildman–Crippen LogP) is 3.90. The van der Waals surface area contributed by atoms with Crippen LogP contribution < -0.4 is 10.2 Å². The molecule has 2 aliphatic rings. The van der Waals surface area contributed by atoms with E-state index in [2.05, 4.69) is 17.1 Å². The van der Waals surface area contributed by atoms with Crippen LogP contribution in [-0.4, -0.2) is 42.9 Å². The Kier molecular flexibility index (Phi) is 6.17. The van der Waals surface area contributed by atoms with Crippen LogP contribution in [0.5, 0.6) is 0 Å². The SMILES string of the molecule is CCC(=O)Nc1ccc(N2CCCCC2)c(C(=O)N2CCC(C)CC2)c1. The van der Waals surface area contributed by atoms with E-state index in [1.807, 2.05) is 30.0 Å². The third-order valence-corrected chi connectivity index (χ3v) is 5.60. The molecular formula is C21H31N3O2. The molecule has 0 unspecified atom stereocenters. The van der Waals surface area contributed by atoms with Crippen LogP contribution in [0.25, 0.3) is 0 Å². The monoisotopic (exact) mass is 357 g/mol. The molecule has 5 nitrogen and oxygen atoms in total. The van der Waals surface area contributed by atoms with Crippen LogP contribution >= 0.6 is 0 Å². The smallest absolute Gasteiger partial charge is 0.256 e. The number of hydrogen-bond donors (Lipinski definition) is 1. The van der Waals surface area contributed by atoms with Gasteiger partial charge >= 0.3 is 0 Å². The molecule has 2 saturated heterocycles. The summed E-state index contributed by atoms with van der Waals surface area (Å²) in [6.45, 7) is 7.73. The first-order valence-corrected chi connectivity index (χ1v) is 10.1. The van der Waals surface area contributed by atoms with Crippen LogP contribution in [0.1, 0.15) is 62.7 Å². The summed E-state index contributed by atoms with van der Waals surface area (Å²) in [7, 11) is 0. The minimum atomic E-state index is -0.0269. The highest BCUT2D eigenvalue weighted by Crippen LogP contribution is 2.29. The average Bonchev–Trinajstić information content (AvgIpc) is 2.68. The number of nitrogens with one attached hydrogen (secondary N) is 1. The number of rotatable bonds is 4. The highest BCUT2D eigenvalue weighted by molar-refractivity contribution is 6.02. The minimum Gasteiger partial charge on any atom is -0.371 e. The Balaban J connectivity index is 1.88. The molecule has 0 bridgehead atoms. The number of carbonyl (C=O) groups excluding carboxylic acids is 2. The Hall–Kier alpha value is -2.04. The van der Waals surface area contributed by atoms with Crippen molar-refractivity contribution in [3.63, 3.8) is 0 Å². The summed E-state index contributed by atoms with van der Waals surface area (Å²) in [6, 6.07) is 5.81. The van der Waals surface area contributed by atoms with Gasteiger partial charge in [0.05, 0.1) is 5.56 Å². The van der Waals surface area contributed by atoms with Gasteiger partial charge in [0.25, 0.3) is 5.91 Å². The maximum Gasteiger partial charge on any atom is 0.256 e. The van der Waals surface area contributed by atoms with Crippen molar-refractivity contribution in [1.82, 2.24) is 4.90 Å². The lowest BCUT2D eigenvalue weighted by molar-refractivity contribution is -0.115. The summed E-state index contributed by atoms with van der Waals surface area (Å²) in [6.07, 6.45) is 6.16. The van der Waals surface area contributed by atoms with Crippen molar-refractivity contribution in [3.05, 3.63) is 23.8 Å². The van der Waals surface area contributed by atoms with Crippen molar-refractivity contribution in [1.29, 1.82) is 0 Å². The zero-order valence-electron chi connectivity index (χ0n) is 16.1. The fourth-order valence-corrected chi connectivity index (χ4v) is 3.83. The molecule has 2 aliphatic heterocycles. The summed E-state index contributed by atoms with van der Waals surface area (Å²) in [5.41, 5.74) is 2.46. The van der Waals surface area contributed by atoms with Crippen LogP contribution in [0, 0.1) is 5.92 Å². The molecule has 142 valence electrons. The van der Waals surface area contributed by atoms with Crippen molar-refractivity contribution >= 4 is 23.2 Å². The summed E-state index contributed by atoms with van der Waals surface area (Å²) in [5, 5.41) is 2.90. The van der Waals surface area contributed by atoms with Crippen LogP contribution in [-0.2, 0) is 4.79 Å². The lowest BCUT2D eigenvalue weighted by Crippen LogP contribution is -2.39. The van der Waals surface area contributed by atoms with Crippen LogP contribution in [0.15, 0.2) is 18.2 Å². The van der Waals surface area contributed by atoms with E-state index in [-0.39, 0.29) is 11.8 Å². The van der Waals surface area contributed by atoms with Crippen LogP contribution in [0.3, 0.4) is 0 Å². The molecule has 0 aliphatic carbocycles. The molecule has 0 atom stereocenters. The second kappa shape index (κ2) is 8.56. The van der Waals surface area contributed by atoms with Gasteiger partial charge in [0, 0.05) is 44.0 Å². The molecule has 0 saturated carbocycles. The van der Waals surface area contributed by atoms with Crippen molar-refractivity contribution in [2.75, 3.05) is 36.4 Å². The largest absolute Gasteiger partial charge is 0.371 e. The maximum absolute atomic E-state index is 13.3. The van der Waals surface area contributed by atoms with Gasteiger partial charge in [0.15, 0.2) is 0 Å². The fourth-order valence-electron chi connectivity index (χ4n) is 3.83. The van der Waals surface area contributed by atoms with Crippen molar-refractivity contribution in [2.24, 2.45) is 5.92 Å². The zero-order chi connectivity index (χ0) is 18.5. The molecule has 2 heterocycles. The molecule has 1 N–H and O–H groups in total. The highest BCUT2D eigenvalue weighted by Gasteiger charge is 2.26. The molecule has 0 aromatic heterocycles. The normalized spacial score (nSPS) is 18.7. The molecule has 26 heavy (non-hydrogen) atoms. The molecule has 0 spiro atoms. The average molecular weight is 357 g/mol. The van der Waals surface area contributed by atoms with Crippen LogP contribution in [0.2, 0.25) is 0 Å². The first kappa shape index (κ1) is 18.7. The van der Waals surface area contributed by atoms with Gasteiger partial charge < -0.3 is 15.1 Å². The fraction of sp³-hybridized carbons (Fsp3) is 0.619. The third-order valence-electron chi connectivity index (χ3n) is 5.60. The number of benzene rings is 1. The number of amides is 2. The Bertz CT molecular complexity index is 645. The Morgan fingerprint density at radius 2 is 1.77 bits per heavy atom. The Labute approximate surface area is 156 Å². The third kappa shape index (κ3) is 4.37. The Morgan fingerprint density at radius 3 is 2.42 bits per heavy atom. The van der Waals surface area contributed by atoms with E-state index in [1.165, 1.54) is 19.3 Å². The van der Waals surface area contributed by atoms with Gasteiger partial charge in [-0.1, -0.05) is 13.8 Å². The van der Waals surface area contributed by atoms with Crippen LogP contribution in [0.4, 0.5) is 11.4 Å². The summed E-state index contributed by atoms with van der Waals surface area (Å²) < 4.78 is 0. The molecule has 2 fully saturated rings. The number of piperidine rings is 2. The van der Waals surface area contributed by atoms with E-state index in [4.69, 9.17) is 0 Å². The number of carbonyl (C=O) groups is 2. The number of likely N-dealkylation sites (tertiary alicyclic amines) is 1. The first-order chi connectivity index (χ1) is 12.6. The molecule has 0 radical (unpaired) electrons. The van der Waals surface area contributed by atoms with Crippen molar-refractivity contribution < 1.29 is 9.59 Å². The lowest BCUT2D eigenvalue weighted by Gasteiger charge is -2.34. The molecular weight excluding hydrogens is 326 g/mol. The predicted molar refractivity (Wildman–Crippen MR) is 106 cm³/mol. The van der Waals surface area contributed by atoms with E-state index >= 15 is 0 Å². The van der Waals surface area contributed by atoms with E-state index in [0.717, 1.165) is 50.3 Å². The number of nitrogens with zero attached hydrogens (tertiary/aromatic N) is 2. The summed E-state index contributed by atoms with van der Waals surface area (Å²) in [4.78, 5) is 29.3. The summed E-state index contributed by atoms with van der Waals surface area (Å²) in [5.74, 6) is 0.766. The second-order valence-electron chi connectivity index (χ2n) is 7.66. The van der Waals surface area contributed by atoms with Gasteiger partial charge in [0.2, 0.25) is 5.91 Å². The first-order valence-electron chi connectivity index (χ1n) is 10.1. The van der Waals surface area contributed by atoms with Gasteiger partial charge in [-0.2, -0.15) is 0 Å². The lowest BCUT2D eigenvalue weighted by atomic mass is 9.98.